The topological polar surface area (TPSA) is 63.7 Å². The van der Waals surface area contributed by atoms with Crippen LogP contribution in [0.15, 0.2) is 0 Å². The minimum atomic E-state index is 0.192. The van der Waals surface area contributed by atoms with Crippen LogP contribution in [0.5, 0.6) is 0 Å². The van der Waals surface area contributed by atoms with E-state index in [2.05, 4.69) is 37.2 Å². The highest BCUT2D eigenvalue weighted by atomic mass is 16.5. The number of rotatable bonds is 6. The lowest BCUT2D eigenvalue weighted by Crippen LogP contribution is -2.18. The molecular weight excluding hydrogens is 216 g/mol. The number of ether oxygens (including phenoxy) is 1. The van der Waals surface area contributed by atoms with Crippen molar-refractivity contribution in [2.45, 2.75) is 45.6 Å². The van der Waals surface area contributed by atoms with E-state index < -0.39 is 0 Å². The Balaban J connectivity index is 3.10. The molecular formula is C12H20N4O. The van der Waals surface area contributed by atoms with Crippen molar-refractivity contribution in [1.82, 2.24) is 15.0 Å². The molecule has 1 atom stereocenters. The molecule has 0 amide bonds. The Morgan fingerprint density at radius 2 is 2.18 bits per heavy atom. The highest BCUT2D eigenvalue weighted by molar-refractivity contribution is 5.18. The first-order valence-corrected chi connectivity index (χ1v) is 5.95. The molecule has 0 fully saturated rings. The Bertz CT molecular complexity index is 392. The van der Waals surface area contributed by atoms with Crippen LogP contribution in [0.2, 0.25) is 0 Å². The van der Waals surface area contributed by atoms with Crippen LogP contribution in [0.25, 0.3) is 0 Å². The minimum absolute atomic E-state index is 0.192. The summed E-state index contributed by atoms with van der Waals surface area (Å²) in [5.74, 6) is 0.305. The third-order valence-electron chi connectivity index (χ3n) is 2.77. The Labute approximate surface area is 102 Å². The lowest BCUT2D eigenvalue weighted by Gasteiger charge is -2.18. The molecule has 0 radical (unpaired) electrons. The van der Waals surface area contributed by atoms with Crippen LogP contribution < -0.4 is 0 Å². The highest BCUT2D eigenvalue weighted by Gasteiger charge is 2.20. The number of hydrogen-bond donors (Lipinski definition) is 0. The second kappa shape index (κ2) is 6.36. The van der Waals surface area contributed by atoms with E-state index in [0.717, 1.165) is 17.8 Å². The van der Waals surface area contributed by atoms with Crippen LogP contribution in [0.1, 0.15) is 50.5 Å². The molecule has 1 rings (SSSR count). The van der Waals surface area contributed by atoms with Gasteiger partial charge < -0.3 is 4.74 Å². The number of nitrogens with zero attached hydrogens (tertiary/aromatic N) is 4. The zero-order chi connectivity index (χ0) is 12.8. The van der Waals surface area contributed by atoms with E-state index in [0.29, 0.717) is 18.9 Å². The summed E-state index contributed by atoms with van der Waals surface area (Å²) in [6.07, 6.45) is 1.25. The van der Waals surface area contributed by atoms with Gasteiger partial charge in [0.05, 0.1) is 30.8 Å². The maximum atomic E-state index is 8.78. The molecule has 1 heterocycles. The predicted octanol–water partition coefficient (Wildman–Crippen LogP) is 2.07. The average molecular weight is 236 g/mol. The Morgan fingerprint density at radius 1 is 1.47 bits per heavy atom. The van der Waals surface area contributed by atoms with E-state index in [-0.39, 0.29) is 6.04 Å². The van der Waals surface area contributed by atoms with Crippen LogP contribution in [0.4, 0.5) is 0 Å². The number of hydrogen-bond acceptors (Lipinski definition) is 4. The fourth-order valence-electron chi connectivity index (χ4n) is 1.96. The standard InChI is InChI=1S/C12H20N4O/c1-5-10(8-17-4)16-12(9(2)3)11(6-7-13)14-15-16/h9-10H,5-6,8H2,1-4H3. The highest BCUT2D eigenvalue weighted by Crippen LogP contribution is 2.23. The molecule has 0 aliphatic rings. The van der Waals surface area contributed by atoms with Crippen LogP contribution in [0.3, 0.4) is 0 Å². The smallest absolute Gasteiger partial charge is 0.100 e. The first-order chi connectivity index (χ1) is 8.15. The molecule has 0 aliphatic heterocycles. The van der Waals surface area contributed by atoms with Gasteiger partial charge in [0, 0.05) is 7.11 Å². The first-order valence-electron chi connectivity index (χ1n) is 5.95. The molecule has 17 heavy (non-hydrogen) atoms. The molecule has 0 bridgehead atoms. The van der Waals surface area contributed by atoms with Crippen LogP contribution in [-0.4, -0.2) is 28.7 Å². The number of methoxy groups -OCH3 is 1. The molecule has 0 spiro atoms. The molecule has 1 unspecified atom stereocenters. The second-order valence-corrected chi connectivity index (χ2v) is 4.37. The SMILES string of the molecule is CCC(COC)n1nnc(CC#N)c1C(C)C. The van der Waals surface area contributed by atoms with E-state index in [9.17, 15) is 0 Å². The number of nitriles is 1. The summed E-state index contributed by atoms with van der Waals surface area (Å²) in [6.45, 7) is 6.90. The molecule has 0 saturated heterocycles. The van der Waals surface area contributed by atoms with Crippen molar-refractivity contribution in [2.75, 3.05) is 13.7 Å². The number of aromatic nitrogens is 3. The van der Waals surface area contributed by atoms with Gasteiger partial charge in [-0.1, -0.05) is 26.0 Å². The first kappa shape index (κ1) is 13.7. The van der Waals surface area contributed by atoms with Crippen LogP contribution >= 0.6 is 0 Å². The normalized spacial score (nSPS) is 12.7. The van der Waals surface area contributed by atoms with Gasteiger partial charge in [0.2, 0.25) is 0 Å². The van der Waals surface area contributed by atoms with Crippen molar-refractivity contribution in [3.63, 3.8) is 0 Å². The Morgan fingerprint density at radius 3 is 2.65 bits per heavy atom. The van der Waals surface area contributed by atoms with Gasteiger partial charge in [0.15, 0.2) is 0 Å². The fraction of sp³-hybridized carbons (Fsp3) is 0.750. The quantitative estimate of drug-likeness (QED) is 0.758. The molecule has 0 saturated carbocycles. The largest absolute Gasteiger partial charge is 0.382 e. The maximum Gasteiger partial charge on any atom is 0.100 e. The lowest BCUT2D eigenvalue weighted by molar-refractivity contribution is 0.144. The zero-order valence-corrected chi connectivity index (χ0v) is 11.0. The van der Waals surface area contributed by atoms with Crippen molar-refractivity contribution < 1.29 is 4.74 Å². The summed E-state index contributed by atoms with van der Waals surface area (Å²) in [6, 6.07) is 2.33. The third kappa shape index (κ3) is 3.04. The molecule has 1 aromatic rings. The monoisotopic (exact) mass is 236 g/mol. The van der Waals surface area contributed by atoms with E-state index in [4.69, 9.17) is 10.00 Å². The van der Waals surface area contributed by atoms with Gasteiger partial charge in [-0.25, -0.2) is 4.68 Å². The molecule has 0 N–H and O–H groups in total. The zero-order valence-electron chi connectivity index (χ0n) is 11.0. The molecule has 0 aliphatic carbocycles. The van der Waals surface area contributed by atoms with Crippen LogP contribution in [-0.2, 0) is 11.2 Å². The summed E-state index contributed by atoms with van der Waals surface area (Å²) in [5, 5.41) is 17.1. The van der Waals surface area contributed by atoms with Crippen molar-refractivity contribution in [1.29, 1.82) is 5.26 Å². The Hall–Kier alpha value is -1.41. The summed E-state index contributed by atoms with van der Waals surface area (Å²) >= 11 is 0. The predicted molar refractivity (Wildman–Crippen MR) is 64.6 cm³/mol. The van der Waals surface area contributed by atoms with E-state index in [1.165, 1.54) is 0 Å². The molecule has 5 heteroatoms. The van der Waals surface area contributed by atoms with Crippen molar-refractivity contribution in [2.24, 2.45) is 0 Å². The van der Waals surface area contributed by atoms with Crippen molar-refractivity contribution in [3.8, 4) is 6.07 Å². The minimum Gasteiger partial charge on any atom is -0.382 e. The van der Waals surface area contributed by atoms with Gasteiger partial charge in [-0.3, -0.25) is 0 Å². The van der Waals surface area contributed by atoms with Gasteiger partial charge in [0.25, 0.3) is 0 Å². The molecule has 5 nitrogen and oxygen atoms in total. The molecule has 94 valence electrons. The van der Waals surface area contributed by atoms with Crippen LogP contribution in [0, 0.1) is 11.3 Å². The maximum absolute atomic E-state index is 8.78. The van der Waals surface area contributed by atoms with E-state index in [1.54, 1.807) is 7.11 Å². The van der Waals surface area contributed by atoms with E-state index in [1.807, 2.05) is 4.68 Å². The molecule has 1 aromatic heterocycles. The Kier molecular flexibility index (Phi) is 5.11. The van der Waals surface area contributed by atoms with Gasteiger partial charge in [-0.2, -0.15) is 5.26 Å². The average Bonchev–Trinajstić information content (AvgIpc) is 2.70. The lowest BCUT2D eigenvalue weighted by atomic mass is 10.1. The third-order valence-corrected chi connectivity index (χ3v) is 2.77. The van der Waals surface area contributed by atoms with Gasteiger partial charge in [0.1, 0.15) is 5.69 Å². The van der Waals surface area contributed by atoms with E-state index >= 15 is 0 Å². The van der Waals surface area contributed by atoms with Gasteiger partial charge >= 0.3 is 0 Å². The van der Waals surface area contributed by atoms with Crippen molar-refractivity contribution in [3.05, 3.63) is 11.4 Å². The van der Waals surface area contributed by atoms with Gasteiger partial charge in [-0.15, -0.1) is 5.10 Å². The summed E-state index contributed by atoms with van der Waals surface area (Å²) in [7, 11) is 1.69. The second-order valence-electron chi connectivity index (χ2n) is 4.37. The van der Waals surface area contributed by atoms with Crippen molar-refractivity contribution >= 4 is 0 Å². The summed E-state index contributed by atoms with van der Waals surface area (Å²) in [5.41, 5.74) is 1.84. The van der Waals surface area contributed by atoms with Gasteiger partial charge in [-0.05, 0) is 12.3 Å². The summed E-state index contributed by atoms with van der Waals surface area (Å²) in [4.78, 5) is 0. The summed E-state index contributed by atoms with van der Waals surface area (Å²) < 4.78 is 7.12. The fourth-order valence-corrected chi connectivity index (χ4v) is 1.96. The molecule has 0 aromatic carbocycles.